The maximum atomic E-state index is 13.2. The van der Waals surface area contributed by atoms with Crippen molar-refractivity contribution in [3.63, 3.8) is 0 Å². The van der Waals surface area contributed by atoms with Crippen LogP contribution >= 0.6 is 0 Å². The molecule has 5 nitrogen and oxygen atoms in total. The van der Waals surface area contributed by atoms with E-state index in [0.717, 1.165) is 12.1 Å². The van der Waals surface area contributed by atoms with E-state index in [1.807, 2.05) is 0 Å². The normalized spacial score (nSPS) is 13.9. The summed E-state index contributed by atoms with van der Waals surface area (Å²) in [6.45, 7) is 8.26. The van der Waals surface area contributed by atoms with Gasteiger partial charge in [0, 0.05) is 0 Å². The van der Waals surface area contributed by atoms with E-state index in [2.05, 4.69) is 10.6 Å². The lowest BCUT2D eigenvalue weighted by molar-refractivity contribution is -0.123. The topological polar surface area (TPSA) is 67.4 Å². The molecule has 0 aliphatic carbocycles. The Morgan fingerprint density at radius 2 is 1.70 bits per heavy atom. The summed E-state index contributed by atoms with van der Waals surface area (Å²) in [6, 6.07) is 2.02. The summed E-state index contributed by atoms with van der Waals surface area (Å²) in [7, 11) is 0. The van der Waals surface area contributed by atoms with Crippen LogP contribution in [-0.4, -0.2) is 23.6 Å². The van der Waals surface area contributed by atoms with Crippen LogP contribution in [-0.2, 0) is 9.53 Å². The van der Waals surface area contributed by atoms with Gasteiger partial charge in [-0.3, -0.25) is 4.79 Å². The summed E-state index contributed by atoms with van der Waals surface area (Å²) in [4.78, 5) is 23.6. The van der Waals surface area contributed by atoms with Crippen LogP contribution in [0.2, 0.25) is 0 Å². The van der Waals surface area contributed by atoms with Gasteiger partial charge in [-0.1, -0.05) is 6.07 Å². The van der Waals surface area contributed by atoms with E-state index < -0.39 is 41.3 Å². The van der Waals surface area contributed by atoms with Gasteiger partial charge in [-0.2, -0.15) is 0 Å². The van der Waals surface area contributed by atoms with Gasteiger partial charge in [0.15, 0.2) is 11.6 Å². The van der Waals surface area contributed by atoms with E-state index in [-0.39, 0.29) is 0 Å². The van der Waals surface area contributed by atoms with Gasteiger partial charge in [-0.25, -0.2) is 13.6 Å². The van der Waals surface area contributed by atoms with Gasteiger partial charge >= 0.3 is 6.09 Å². The number of halogens is 2. The van der Waals surface area contributed by atoms with Crippen LogP contribution in [0.25, 0.3) is 0 Å². The first-order valence-electron chi connectivity index (χ1n) is 7.24. The number of carbonyl (C=O) groups excluding carboxylic acids is 2. The number of benzene rings is 1. The Morgan fingerprint density at radius 1 is 1.09 bits per heavy atom. The lowest BCUT2D eigenvalue weighted by Crippen LogP contribution is -2.47. The molecule has 1 rings (SSSR count). The molecule has 0 saturated carbocycles. The van der Waals surface area contributed by atoms with Gasteiger partial charge in [0.05, 0.1) is 6.04 Å². The maximum absolute atomic E-state index is 13.2. The molecule has 1 aromatic rings. The Morgan fingerprint density at radius 3 is 2.22 bits per heavy atom. The monoisotopic (exact) mass is 328 g/mol. The van der Waals surface area contributed by atoms with E-state index in [1.165, 1.54) is 13.0 Å². The van der Waals surface area contributed by atoms with E-state index in [1.54, 1.807) is 27.7 Å². The number of nitrogens with one attached hydrogen (secondary N) is 2. The number of hydrogen-bond donors (Lipinski definition) is 2. The number of ether oxygens (including phenoxy) is 1. The second kappa shape index (κ2) is 7.39. The fourth-order valence-electron chi connectivity index (χ4n) is 1.75. The minimum absolute atomic E-state index is 0.418. The van der Waals surface area contributed by atoms with Crippen molar-refractivity contribution >= 4 is 12.0 Å². The van der Waals surface area contributed by atoms with Gasteiger partial charge in [-0.05, 0) is 52.3 Å². The summed E-state index contributed by atoms with van der Waals surface area (Å²) in [5, 5.41) is 5.02. The Balaban J connectivity index is 2.60. The number of hydrogen-bond acceptors (Lipinski definition) is 3. The van der Waals surface area contributed by atoms with E-state index in [4.69, 9.17) is 4.74 Å². The summed E-state index contributed by atoms with van der Waals surface area (Å²) >= 11 is 0. The molecule has 0 fully saturated rings. The summed E-state index contributed by atoms with van der Waals surface area (Å²) in [5.74, 6) is -2.40. The van der Waals surface area contributed by atoms with Crippen molar-refractivity contribution in [1.82, 2.24) is 10.6 Å². The molecule has 0 aliphatic heterocycles. The standard InChI is InChI=1S/C16H22F2N2O3/c1-9(11-6-7-12(17)13(18)8-11)19-14(21)10(2)20-15(22)23-16(3,4)5/h6-10H,1-5H3,(H,19,21)(H,20,22)/t9?,10-/m1/s1. The van der Waals surface area contributed by atoms with Gasteiger partial charge in [0.1, 0.15) is 11.6 Å². The Kier molecular flexibility index (Phi) is 6.06. The number of alkyl carbamates (subject to hydrolysis) is 1. The molecular weight excluding hydrogens is 306 g/mol. The third-order valence-corrected chi connectivity index (χ3v) is 2.93. The molecule has 0 saturated heterocycles. The first-order chi connectivity index (χ1) is 10.5. The summed E-state index contributed by atoms with van der Waals surface area (Å²) in [5.41, 5.74) is -0.249. The molecule has 0 radical (unpaired) electrons. The second-order valence-corrected chi connectivity index (χ2v) is 6.27. The lowest BCUT2D eigenvalue weighted by atomic mass is 10.1. The fourth-order valence-corrected chi connectivity index (χ4v) is 1.75. The minimum atomic E-state index is -0.983. The smallest absolute Gasteiger partial charge is 0.408 e. The van der Waals surface area contributed by atoms with Crippen LogP contribution in [0.1, 0.15) is 46.2 Å². The average Bonchev–Trinajstić information content (AvgIpc) is 2.39. The molecular formula is C16H22F2N2O3. The van der Waals surface area contributed by atoms with Crippen molar-refractivity contribution in [3.05, 3.63) is 35.4 Å². The third kappa shape index (κ3) is 6.22. The van der Waals surface area contributed by atoms with Crippen LogP contribution in [0.3, 0.4) is 0 Å². The molecule has 0 bridgehead atoms. The van der Waals surface area contributed by atoms with Gasteiger partial charge in [0.2, 0.25) is 5.91 Å². The predicted octanol–water partition coefficient (Wildman–Crippen LogP) is 3.06. The van der Waals surface area contributed by atoms with Crippen molar-refractivity contribution in [2.75, 3.05) is 0 Å². The highest BCUT2D eigenvalue weighted by molar-refractivity contribution is 5.85. The van der Waals surface area contributed by atoms with Crippen LogP contribution in [0, 0.1) is 11.6 Å². The van der Waals surface area contributed by atoms with Gasteiger partial charge < -0.3 is 15.4 Å². The highest BCUT2D eigenvalue weighted by Crippen LogP contribution is 2.16. The molecule has 0 aliphatic rings. The third-order valence-electron chi connectivity index (χ3n) is 2.93. The van der Waals surface area contributed by atoms with Gasteiger partial charge in [-0.15, -0.1) is 0 Å². The molecule has 2 N–H and O–H groups in total. The van der Waals surface area contributed by atoms with Crippen molar-refractivity contribution < 1.29 is 23.1 Å². The molecule has 0 aromatic heterocycles. The highest BCUT2D eigenvalue weighted by Gasteiger charge is 2.22. The van der Waals surface area contributed by atoms with Crippen molar-refractivity contribution in [2.24, 2.45) is 0 Å². The average molecular weight is 328 g/mol. The summed E-state index contributed by atoms with van der Waals surface area (Å²) in [6.07, 6.45) is -0.708. The minimum Gasteiger partial charge on any atom is -0.444 e. The van der Waals surface area contributed by atoms with Crippen LogP contribution in [0.15, 0.2) is 18.2 Å². The first kappa shape index (κ1) is 18.9. The Labute approximate surface area is 134 Å². The van der Waals surface area contributed by atoms with Crippen LogP contribution in [0.5, 0.6) is 0 Å². The predicted molar refractivity (Wildman–Crippen MR) is 81.7 cm³/mol. The van der Waals surface area contributed by atoms with Gasteiger partial charge in [0.25, 0.3) is 0 Å². The zero-order valence-electron chi connectivity index (χ0n) is 13.9. The number of carbonyl (C=O) groups is 2. The molecule has 2 amide bonds. The molecule has 0 spiro atoms. The molecule has 1 aromatic carbocycles. The van der Waals surface area contributed by atoms with Crippen molar-refractivity contribution in [2.45, 2.75) is 52.3 Å². The van der Waals surface area contributed by atoms with E-state index >= 15 is 0 Å². The van der Waals surface area contributed by atoms with Crippen molar-refractivity contribution in [1.29, 1.82) is 0 Å². The van der Waals surface area contributed by atoms with E-state index in [0.29, 0.717) is 5.56 Å². The molecule has 7 heteroatoms. The first-order valence-corrected chi connectivity index (χ1v) is 7.24. The zero-order chi connectivity index (χ0) is 17.8. The fraction of sp³-hybridized carbons (Fsp3) is 0.500. The Hall–Kier alpha value is -2.18. The maximum Gasteiger partial charge on any atom is 0.408 e. The molecule has 2 atom stereocenters. The van der Waals surface area contributed by atoms with E-state index in [9.17, 15) is 18.4 Å². The van der Waals surface area contributed by atoms with Crippen LogP contribution in [0.4, 0.5) is 13.6 Å². The molecule has 0 heterocycles. The summed E-state index contributed by atoms with van der Waals surface area (Å²) < 4.78 is 31.2. The number of rotatable bonds is 4. The quantitative estimate of drug-likeness (QED) is 0.892. The van der Waals surface area contributed by atoms with Crippen LogP contribution < -0.4 is 10.6 Å². The zero-order valence-corrected chi connectivity index (χ0v) is 13.9. The highest BCUT2D eigenvalue weighted by atomic mass is 19.2. The van der Waals surface area contributed by atoms with Crippen molar-refractivity contribution in [3.8, 4) is 0 Å². The molecule has 1 unspecified atom stereocenters. The molecule has 23 heavy (non-hydrogen) atoms. The largest absolute Gasteiger partial charge is 0.444 e. The lowest BCUT2D eigenvalue weighted by Gasteiger charge is -2.22. The Bertz CT molecular complexity index is 585. The number of amides is 2. The SMILES string of the molecule is CC(NC(=O)[C@@H](C)NC(=O)OC(C)(C)C)c1ccc(F)c(F)c1. The molecule has 128 valence electrons. The second-order valence-electron chi connectivity index (χ2n) is 6.27.